The minimum atomic E-state index is -0.240. The van der Waals surface area contributed by atoms with Gasteiger partial charge >= 0.3 is 0 Å². The summed E-state index contributed by atoms with van der Waals surface area (Å²) in [6.45, 7) is 0.458. The van der Waals surface area contributed by atoms with E-state index in [0.717, 1.165) is 10.2 Å². The molecular formula is C12H13BrN2O2. The van der Waals surface area contributed by atoms with Crippen molar-refractivity contribution < 1.29 is 9.59 Å². The van der Waals surface area contributed by atoms with Crippen LogP contribution >= 0.6 is 15.9 Å². The van der Waals surface area contributed by atoms with Crippen LogP contribution in [-0.2, 0) is 9.59 Å². The second kappa shape index (κ2) is 4.87. The van der Waals surface area contributed by atoms with Gasteiger partial charge < -0.3 is 10.2 Å². The first kappa shape index (κ1) is 12.1. The van der Waals surface area contributed by atoms with Crippen LogP contribution in [-0.4, -0.2) is 25.4 Å². The molecule has 0 saturated carbocycles. The van der Waals surface area contributed by atoms with Crippen molar-refractivity contribution in [2.75, 3.05) is 18.5 Å². The molecule has 1 aromatic rings. The maximum absolute atomic E-state index is 11.8. The van der Waals surface area contributed by atoms with E-state index in [1.807, 2.05) is 24.3 Å². The highest BCUT2D eigenvalue weighted by molar-refractivity contribution is 9.10. The molecule has 17 heavy (non-hydrogen) atoms. The number of amides is 2. The molecule has 1 heterocycles. The van der Waals surface area contributed by atoms with Crippen LogP contribution in [0.5, 0.6) is 0 Å². The van der Waals surface area contributed by atoms with E-state index in [2.05, 4.69) is 21.2 Å². The summed E-state index contributed by atoms with van der Waals surface area (Å²) in [5.41, 5.74) is 0.838. The smallest absolute Gasteiger partial charge is 0.227 e. The van der Waals surface area contributed by atoms with E-state index in [0.29, 0.717) is 6.54 Å². The monoisotopic (exact) mass is 296 g/mol. The number of nitrogens with zero attached hydrogens (tertiary/aromatic N) is 1. The number of hydrogen-bond donors (Lipinski definition) is 1. The lowest BCUT2D eigenvalue weighted by Gasteiger charge is -2.16. The molecule has 1 N–H and O–H groups in total. The van der Waals surface area contributed by atoms with Crippen LogP contribution in [0.15, 0.2) is 28.7 Å². The van der Waals surface area contributed by atoms with Gasteiger partial charge in [0.25, 0.3) is 0 Å². The molecule has 2 rings (SSSR count). The summed E-state index contributed by atoms with van der Waals surface area (Å²) in [5.74, 6) is -0.310. The number of nitrogens with one attached hydrogen (secondary N) is 1. The van der Waals surface area contributed by atoms with E-state index in [4.69, 9.17) is 0 Å². The number of benzene rings is 1. The van der Waals surface area contributed by atoms with Crippen molar-refractivity contribution in [2.45, 2.75) is 6.42 Å². The average molecular weight is 297 g/mol. The van der Waals surface area contributed by atoms with Crippen molar-refractivity contribution >= 4 is 33.4 Å². The van der Waals surface area contributed by atoms with Gasteiger partial charge in [-0.05, 0) is 24.3 Å². The average Bonchev–Trinajstić information content (AvgIpc) is 2.71. The third kappa shape index (κ3) is 2.49. The summed E-state index contributed by atoms with van der Waals surface area (Å²) in [4.78, 5) is 25.0. The molecule has 2 amide bonds. The number of halogens is 1. The molecule has 1 saturated heterocycles. The molecular weight excluding hydrogens is 284 g/mol. The molecule has 90 valence electrons. The lowest BCUT2D eigenvalue weighted by Crippen LogP contribution is -2.30. The first-order chi connectivity index (χ1) is 8.11. The van der Waals surface area contributed by atoms with Crippen LogP contribution in [0, 0.1) is 5.92 Å². The van der Waals surface area contributed by atoms with Crippen LogP contribution in [0.25, 0.3) is 0 Å². The van der Waals surface area contributed by atoms with Gasteiger partial charge in [0, 0.05) is 30.2 Å². The molecule has 0 aliphatic carbocycles. The number of rotatable bonds is 2. The van der Waals surface area contributed by atoms with Crippen LogP contribution in [0.4, 0.5) is 5.69 Å². The van der Waals surface area contributed by atoms with Gasteiger partial charge in [-0.3, -0.25) is 9.59 Å². The van der Waals surface area contributed by atoms with Gasteiger partial charge in [-0.15, -0.1) is 0 Å². The Morgan fingerprint density at radius 1 is 1.41 bits per heavy atom. The van der Waals surface area contributed by atoms with Gasteiger partial charge in [0.15, 0.2) is 0 Å². The maximum atomic E-state index is 11.8. The molecule has 0 spiro atoms. The summed E-state index contributed by atoms with van der Waals surface area (Å²) < 4.78 is 0.968. The fourth-order valence-corrected chi connectivity index (χ4v) is 2.22. The topological polar surface area (TPSA) is 49.4 Å². The first-order valence-corrected chi connectivity index (χ1v) is 6.18. The van der Waals surface area contributed by atoms with Crippen molar-refractivity contribution in [2.24, 2.45) is 5.92 Å². The number of hydrogen-bond acceptors (Lipinski definition) is 2. The van der Waals surface area contributed by atoms with Gasteiger partial charge in [-0.25, -0.2) is 0 Å². The van der Waals surface area contributed by atoms with E-state index in [1.54, 1.807) is 11.9 Å². The fraction of sp³-hybridized carbons (Fsp3) is 0.333. The quantitative estimate of drug-likeness (QED) is 0.900. The molecule has 0 radical (unpaired) electrons. The normalized spacial score (nSPS) is 19.5. The van der Waals surface area contributed by atoms with E-state index < -0.39 is 0 Å². The van der Waals surface area contributed by atoms with Gasteiger partial charge in [-0.2, -0.15) is 0 Å². The SMILES string of the molecule is CNC(=O)[C@@H]1CC(=O)N(c2ccc(Br)cc2)C1. The van der Waals surface area contributed by atoms with E-state index >= 15 is 0 Å². The Kier molecular flexibility index (Phi) is 3.47. The lowest BCUT2D eigenvalue weighted by atomic mass is 10.1. The predicted octanol–water partition coefficient (Wildman–Crippen LogP) is 1.55. The Hall–Kier alpha value is -1.36. The van der Waals surface area contributed by atoms with Crippen molar-refractivity contribution in [3.8, 4) is 0 Å². The highest BCUT2D eigenvalue weighted by atomic mass is 79.9. The largest absolute Gasteiger partial charge is 0.359 e. The van der Waals surface area contributed by atoms with Crippen molar-refractivity contribution in [1.29, 1.82) is 0 Å². The first-order valence-electron chi connectivity index (χ1n) is 5.39. The molecule has 1 aromatic carbocycles. The second-order valence-corrected chi connectivity index (χ2v) is 4.91. The second-order valence-electron chi connectivity index (χ2n) is 4.00. The van der Waals surface area contributed by atoms with Gasteiger partial charge in [0.05, 0.1) is 5.92 Å². The third-order valence-electron chi connectivity index (χ3n) is 2.88. The number of carbonyl (C=O) groups is 2. The number of anilines is 1. The minimum Gasteiger partial charge on any atom is -0.359 e. The molecule has 0 aromatic heterocycles. The van der Waals surface area contributed by atoms with Crippen LogP contribution < -0.4 is 10.2 Å². The Labute approximate surface area is 108 Å². The van der Waals surface area contributed by atoms with Crippen molar-refractivity contribution in [3.63, 3.8) is 0 Å². The number of carbonyl (C=O) groups excluding carboxylic acids is 2. The summed E-state index contributed by atoms with van der Waals surface area (Å²) in [7, 11) is 1.59. The molecule has 4 nitrogen and oxygen atoms in total. The van der Waals surface area contributed by atoms with Crippen LogP contribution in [0.1, 0.15) is 6.42 Å². The highest BCUT2D eigenvalue weighted by Crippen LogP contribution is 2.26. The zero-order valence-corrected chi connectivity index (χ0v) is 11.0. The van der Waals surface area contributed by atoms with E-state index in [-0.39, 0.29) is 24.2 Å². The Bertz CT molecular complexity index is 444. The zero-order chi connectivity index (χ0) is 12.4. The predicted molar refractivity (Wildman–Crippen MR) is 68.7 cm³/mol. The summed E-state index contributed by atoms with van der Waals surface area (Å²) in [6, 6.07) is 7.51. The highest BCUT2D eigenvalue weighted by Gasteiger charge is 2.34. The Balaban J connectivity index is 2.15. The molecule has 0 unspecified atom stereocenters. The third-order valence-corrected chi connectivity index (χ3v) is 3.41. The summed E-state index contributed by atoms with van der Waals surface area (Å²) in [6.07, 6.45) is 0.287. The fourth-order valence-electron chi connectivity index (χ4n) is 1.96. The maximum Gasteiger partial charge on any atom is 0.227 e. The standard InChI is InChI=1S/C12H13BrN2O2/c1-14-12(17)8-6-11(16)15(7-8)10-4-2-9(13)3-5-10/h2-5,8H,6-7H2,1H3,(H,14,17)/t8-/m1/s1. The van der Waals surface area contributed by atoms with Crippen molar-refractivity contribution in [3.05, 3.63) is 28.7 Å². The summed E-state index contributed by atoms with van der Waals surface area (Å²) in [5, 5.41) is 2.58. The molecule has 1 atom stereocenters. The van der Waals surface area contributed by atoms with E-state index in [9.17, 15) is 9.59 Å². The Morgan fingerprint density at radius 3 is 2.65 bits per heavy atom. The molecule has 1 aliphatic heterocycles. The molecule has 1 fully saturated rings. The van der Waals surface area contributed by atoms with Gasteiger partial charge in [0.2, 0.25) is 11.8 Å². The lowest BCUT2D eigenvalue weighted by molar-refractivity contribution is -0.125. The molecule has 1 aliphatic rings. The van der Waals surface area contributed by atoms with Crippen LogP contribution in [0.2, 0.25) is 0 Å². The summed E-state index contributed by atoms with van der Waals surface area (Å²) >= 11 is 3.35. The van der Waals surface area contributed by atoms with Crippen LogP contribution in [0.3, 0.4) is 0 Å². The molecule has 0 bridgehead atoms. The minimum absolute atomic E-state index is 0.000854. The van der Waals surface area contributed by atoms with Gasteiger partial charge in [-0.1, -0.05) is 15.9 Å². The van der Waals surface area contributed by atoms with Crippen molar-refractivity contribution in [1.82, 2.24) is 5.32 Å². The van der Waals surface area contributed by atoms with Gasteiger partial charge in [0.1, 0.15) is 0 Å². The zero-order valence-electron chi connectivity index (χ0n) is 9.44. The Morgan fingerprint density at radius 2 is 2.06 bits per heavy atom. The molecule has 5 heteroatoms. The van der Waals surface area contributed by atoms with E-state index in [1.165, 1.54) is 0 Å².